The zero-order valence-electron chi connectivity index (χ0n) is 11.3. The number of carbonyl (C=O) groups is 2. The highest BCUT2D eigenvalue weighted by atomic mass is 19.1. The van der Waals surface area contributed by atoms with Crippen LogP contribution in [0.1, 0.15) is 19.8 Å². The van der Waals surface area contributed by atoms with E-state index in [0.29, 0.717) is 18.7 Å². The van der Waals surface area contributed by atoms with Crippen LogP contribution in [0.3, 0.4) is 0 Å². The molecule has 0 bridgehead atoms. The summed E-state index contributed by atoms with van der Waals surface area (Å²) in [5.74, 6) is -1.41. The lowest BCUT2D eigenvalue weighted by Crippen LogP contribution is -2.28. The third-order valence-electron chi connectivity index (χ3n) is 2.73. The second-order valence-corrected chi connectivity index (χ2v) is 4.43. The molecular formula is C14H18FNO4. The van der Waals surface area contributed by atoms with Crippen molar-refractivity contribution >= 4 is 11.9 Å². The number of carbonyl (C=O) groups excluding carboxylic acids is 1. The smallest absolute Gasteiger partial charge is 0.306 e. The number of rotatable bonds is 8. The molecule has 0 radical (unpaired) electrons. The number of carboxylic acids is 1. The molecule has 20 heavy (non-hydrogen) atoms. The summed E-state index contributed by atoms with van der Waals surface area (Å²) in [5, 5.41) is 11.3. The van der Waals surface area contributed by atoms with Crippen molar-refractivity contribution in [2.24, 2.45) is 5.92 Å². The van der Waals surface area contributed by atoms with Crippen molar-refractivity contribution in [3.8, 4) is 5.75 Å². The number of amides is 1. The van der Waals surface area contributed by atoms with Gasteiger partial charge in [-0.15, -0.1) is 0 Å². The van der Waals surface area contributed by atoms with Crippen LogP contribution in [0.25, 0.3) is 0 Å². The number of ether oxygens (including phenoxy) is 1. The van der Waals surface area contributed by atoms with Gasteiger partial charge in [0.15, 0.2) is 0 Å². The average molecular weight is 283 g/mol. The number of hydrogen-bond acceptors (Lipinski definition) is 3. The molecule has 6 heteroatoms. The molecule has 0 aromatic heterocycles. The summed E-state index contributed by atoms with van der Waals surface area (Å²) in [6, 6.07) is 5.54. The van der Waals surface area contributed by atoms with Gasteiger partial charge in [-0.2, -0.15) is 0 Å². The van der Waals surface area contributed by atoms with Gasteiger partial charge in [-0.3, -0.25) is 9.59 Å². The molecule has 1 aromatic carbocycles. The van der Waals surface area contributed by atoms with Gasteiger partial charge in [0, 0.05) is 6.54 Å². The maximum absolute atomic E-state index is 12.6. The molecule has 2 N–H and O–H groups in total. The lowest BCUT2D eigenvalue weighted by Gasteiger charge is -2.09. The molecule has 0 saturated heterocycles. The zero-order valence-corrected chi connectivity index (χ0v) is 11.3. The van der Waals surface area contributed by atoms with Crippen LogP contribution in [0.5, 0.6) is 5.75 Å². The minimum absolute atomic E-state index is 0.166. The first kappa shape index (κ1) is 15.9. The van der Waals surface area contributed by atoms with E-state index < -0.39 is 11.9 Å². The molecule has 0 aliphatic rings. The van der Waals surface area contributed by atoms with E-state index in [2.05, 4.69) is 5.32 Å². The second kappa shape index (κ2) is 8.14. The molecule has 0 spiro atoms. The Balaban J connectivity index is 2.14. The Labute approximate surface area is 116 Å². The minimum Gasteiger partial charge on any atom is -0.493 e. The first-order valence-corrected chi connectivity index (χ1v) is 6.37. The summed E-state index contributed by atoms with van der Waals surface area (Å²) in [7, 11) is 0. The monoisotopic (exact) mass is 283 g/mol. The van der Waals surface area contributed by atoms with Gasteiger partial charge in [-0.1, -0.05) is 6.92 Å². The Bertz CT molecular complexity index is 447. The first-order valence-electron chi connectivity index (χ1n) is 6.37. The van der Waals surface area contributed by atoms with Crippen LogP contribution >= 0.6 is 0 Å². The van der Waals surface area contributed by atoms with Crippen molar-refractivity contribution < 1.29 is 23.8 Å². The van der Waals surface area contributed by atoms with E-state index in [1.807, 2.05) is 0 Å². The molecule has 0 aliphatic heterocycles. The van der Waals surface area contributed by atoms with E-state index in [1.54, 1.807) is 6.92 Å². The summed E-state index contributed by atoms with van der Waals surface area (Å²) < 4.78 is 17.9. The van der Waals surface area contributed by atoms with Crippen molar-refractivity contribution in [2.75, 3.05) is 13.2 Å². The van der Waals surface area contributed by atoms with Gasteiger partial charge in [0.25, 0.3) is 0 Å². The molecule has 1 aromatic rings. The van der Waals surface area contributed by atoms with Crippen LogP contribution < -0.4 is 10.1 Å². The minimum atomic E-state index is -0.876. The number of carboxylic acid groups (broad SMARTS) is 1. The van der Waals surface area contributed by atoms with Crippen molar-refractivity contribution in [3.63, 3.8) is 0 Å². The molecule has 0 heterocycles. The van der Waals surface area contributed by atoms with Crippen molar-refractivity contribution in [1.82, 2.24) is 5.32 Å². The fourth-order valence-electron chi connectivity index (χ4n) is 1.43. The Morgan fingerprint density at radius 3 is 2.60 bits per heavy atom. The van der Waals surface area contributed by atoms with Gasteiger partial charge >= 0.3 is 5.97 Å². The van der Waals surface area contributed by atoms with E-state index >= 15 is 0 Å². The fourth-order valence-corrected chi connectivity index (χ4v) is 1.43. The third kappa shape index (κ3) is 6.17. The van der Waals surface area contributed by atoms with Gasteiger partial charge in [-0.05, 0) is 30.7 Å². The van der Waals surface area contributed by atoms with Gasteiger partial charge < -0.3 is 15.2 Å². The standard InChI is InChI=1S/C14H18FNO4/c1-10(14(18)19)6-8-16-13(17)7-9-20-12-4-2-11(15)3-5-12/h2-5,10H,6-9H2,1H3,(H,16,17)(H,18,19). The predicted octanol–water partition coefficient (Wildman–Crippen LogP) is 1.82. The number of benzene rings is 1. The normalized spacial score (nSPS) is 11.7. The maximum Gasteiger partial charge on any atom is 0.306 e. The highest BCUT2D eigenvalue weighted by Crippen LogP contribution is 2.11. The molecular weight excluding hydrogens is 265 g/mol. The Morgan fingerprint density at radius 1 is 1.35 bits per heavy atom. The zero-order chi connectivity index (χ0) is 15.0. The molecule has 0 fully saturated rings. The van der Waals surface area contributed by atoms with Gasteiger partial charge in [0.2, 0.25) is 5.91 Å². The van der Waals surface area contributed by atoms with Crippen LogP contribution in [-0.4, -0.2) is 30.1 Å². The number of hydrogen-bond donors (Lipinski definition) is 2. The van der Waals surface area contributed by atoms with Gasteiger partial charge in [0.1, 0.15) is 11.6 Å². The lowest BCUT2D eigenvalue weighted by atomic mass is 10.1. The van der Waals surface area contributed by atoms with Gasteiger partial charge in [0.05, 0.1) is 18.9 Å². The topological polar surface area (TPSA) is 75.6 Å². The van der Waals surface area contributed by atoms with E-state index in [0.717, 1.165) is 0 Å². The first-order chi connectivity index (χ1) is 9.49. The molecule has 1 rings (SSSR count). The van der Waals surface area contributed by atoms with Crippen LogP contribution in [0.4, 0.5) is 4.39 Å². The molecule has 0 saturated carbocycles. The average Bonchev–Trinajstić information content (AvgIpc) is 2.40. The third-order valence-corrected chi connectivity index (χ3v) is 2.73. The maximum atomic E-state index is 12.6. The van der Waals surface area contributed by atoms with E-state index in [-0.39, 0.29) is 24.8 Å². The van der Waals surface area contributed by atoms with E-state index in [1.165, 1.54) is 24.3 Å². The highest BCUT2D eigenvalue weighted by Gasteiger charge is 2.10. The molecule has 110 valence electrons. The fraction of sp³-hybridized carbons (Fsp3) is 0.429. The molecule has 1 unspecified atom stereocenters. The van der Waals surface area contributed by atoms with Crippen molar-refractivity contribution in [2.45, 2.75) is 19.8 Å². The van der Waals surface area contributed by atoms with Crippen molar-refractivity contribution in [1.29, 1.82) is 0 Å². The van der Waals surface area contributed by atoms with Gasteiger partial charge in [-0.25, -0.2) is 4.39 Å². The predicted molar refractivity (Wildman–Crippen MR) is 70.9 cm³/mol. The number of halogens is 1. The Hall–Kier alpha value is -2.11. The largest absolute Gasteiger partial charge is 0.493 e. The Kier molecular flexibility index (Phi) is 6.49. The summed E-state index contributed by atoms with van der Waals surface area (Å²) >= 11 is 0. The van der Waals surface area contributed by atoms with E-state index in [4.69, 9.17) is 9.84 Å². The van der Waals surface area contributed by atoms with Crippen molar-refractivity contribution in [3.05, 3.63) is 30.1 Å². The molecule has 1 amide bonds. The highest BCUT2D eigenvalue weighted by molar-refractivity contribution is 5.76. The van der Waals surface area contributed by atoms with Crippen LogP contribution in [0.15, 0.2) is 24.3 Å². The van der Waals surface area contributed by atoms with Crippen LogP contribution in [-0.2, 0) is 9.59 Å². The molecule has 5 nitrogen and oxygen atoms in total. The SMILES string of the molecule is CC(CCNC(=O)CCOc1ccc(F)cc1)C(=O)O. The summed E-state index contributed by atoms with van der Waals surface area (Å²) in [6.45, 7) is 2.10. The second-order valence-electron chi connectivity index (χ2n) is 4.43. The van der Waals surface area contributed by atoms with Crippen LogP contribution in [0.2, 0.25) is 0 Å². The Morgan fingerprint density at radius 2 is 2.00 bits per heavy atom. The lowest BCUT2D eigenvalue weighted by molar-refractivity contribution is -0.141. The quantitative estimate of drug-likeness (QED) is 0.763. The number of nitrogens with one attached hydrogen (secondary N) is 1. The van der Waals surface area contributed by atoms with E-state index in [9.17, 15) is 14.0 Å². The molecule has 0 aliphatic carbocycles. The summed E-state index contributed by atoms with van der Waals surface area (Å²) in [4.78, 5) is 22.0. The summed E-state index contributed by atoms with van der Waals surface area (Å²) in [6.07, 6.45) is 0.554. The summed E-state index contributed by atoms with van der Waals surface area (Å²) in [5.41, 5.74) is 0. The number of aliphatic carboxylic acids is 1. The van der Waals surface area contributed by atoms with Crippen LogP contribution in [0, 0.1) is 11.7 Å². The molecule has 1 atom stereocenters.